The van der Waals surface area contributed by atoms with Gasteiger partial charge in [-0.2, -0.15) is 0 Å². The van der Waals surface area contributed by atoms with Crippen LogP contribution in [0.15, 0.2) is 12.1 Å². The second-order valence-electron chi connectivity index (χ2n) is 3.13. The van der Waals surface area contributed by atoms with Gasteiger partial charge in [-0.3, -0.25) is 0 Å². The van der Waals surface area contributed by atoms with Gasteiger partial charge in [-0.25, -0.2) is 9.78 Å². The lowest BCUT2D eigenvalue weighted by atomic mass is 10.2. The molecule has 0 aliphatic carbocycles. The van der Waals surface area contributed by atoms with Crippen molar-refractivity contribution in [2.75, 3.05) is 5.32 Å². The van der Waals surface area contributed by atoms with Crippen molar-refractivity contribution in [3.63, 3.8) is 0 Å². The van der Waals surface area contributed by atoms with Gasteiger partial charge in [-0.1, -0.05) is 11.6 Å². The summed E-state index contributed by atoms with van der Waals surface area (Å²) < 4.78 is 0. The van der Waals surface area contributed by atoms with E-state index in [0.717, 1.165) is 0 Å². The van der Waals surface area contributed by atoms with Crippen LogP contribution < -0.4 is 5.32 Å². The largest absolute Gasteiger partial charge is 0.478 e. The van der Waals surface area contributed by atoms with Gasteiger partial charge in [0.15, 0.2) is 0 Å². The lowest BCUT2D eigenvalue weighted by Gasteiger charge is -2.11. The minimum Gasteiger partial charge on any atom is -0.478 e. The zero-order chi connectivity index (χ0) is 10.7. The summed E-state index contributed by atoms with van der Waals surface area (Å²) in [5.41, 5.74) is 0.128. The molecule has 5 heteroatoms. The molecule has 1 aromatic heterocycles. The minimum atomic E-state index is -1.02. The molecule has 0 fully saturated rings. The van der Waals surface area contributed by atoms with Crippen LogP contribution >= 0.6 is 11.6 Å². The SMILES string of the molecule is CC(C)Nc1nc(Cl)ccc1C(=O)O. The molecule has 0 radical (unpaired) electrons. The first-order chi connectivity index (χ1) is 6.50. The molecule has 1 aromatic rings. The zero-order valence-electron chi connectivity index (χ0n) is 7.91. The van der Waals surface area contributed by atoms with Crippen LogP contribution in [-0.4, -0.2) is 22.1 Å². The Kier molecular flexibility index (Phi) is 3.30. The van der Waals surface area contributed by atoms with Gasteiger partial charge in [-0.15, -0.1) is 0 Å². The van der Waals surface area contributed by atoms with Crippen LogP contribution in [0.2, 0.25) is 5.15 Å². The highest BCUT2D eigenvalue weighted by Crippen LogP contribution is 2.17. The molecule has 0 spiro atoms. The first-order valence-corrected chi connectivity index (χ1v) is 4.55. The lowest BCUT2D eigenvalue weighted by molar-refractivity contribution is 0.0697. The topological polar surface area (TPSA) is 62.2 Å². The van der Waals surface area contributed by atoms with Crippen LogP contribution in [0.5, 0.6) is 0 Å². The highest BCUT2D eigenvalue weighted by molar-refractivity contribution is 6.29. The van der Waals surface area contributed by atoms with Crippen molar-refractivity contribution in [3.8, 4) is 0 Å². The number of rotatable bonds is 3. The molecule has 0 aromatic carbocycles. The maximum atomic E-state index is 10.8. The summed E-state index contributed by atoms with van der Waals surface area (Å²) in [7, 11) is 0. The van der Waals surface area contributed by atoms with Crippen molar-refractivity contribution in [1.29, 1.82) is 0 Å². The van der Waals surface area contributed by atoms with E-state index >= 15 is 0 Å². The average molecular weight is 215 g/mol. The van der Waals surface area contributed by atoms with E-state index in [-0.39, 0.29) is 16.8 Å². The van der Waals surface area contributed by atoms with E-state index in [1.54, 1.807) is 0 Å². The smallest absolute Gasteiger partial charge is 0.339 e. The standard InChI is InChI=1S/C9H11ClN2O2/c1-5(2)11-8-6(9(13)14)3-4-7(10)12-8/h3-5H,1-2H3,(H,11,12)(H,13,14). The Morgan fingerprint density at radius 1 is 1.57 bits per heavy atom. The Bertz CT molecular complexity index is 353. The highest BCUT2D eigenvalue weighted by atomic mass is 35.5. The van der Waals surface area contributed by atoms with Gasteiger partial charge in [0, 0.05) is 6.04 Å². The summed E-state index contributed by atoms with van der Waals surface area (Å²) in [6, 6.07) is 3.00. The maximum absolute atomic E-state index is 10.8. The molecule has 4 nitrogen and oxygen atoms in total. The number of pyridine rings is 1. The number of nitrogens with one attached hydrogen (secondary N) is 1. The average Bonchev–Trinajstić information content (AvgIpc) is 2.01. The second kappa shape index (κ2) is 4.28. The van der Waals surface area contributed by atoms with Crippen molar-refractivity contribution < 1.29 is 9.90 Å². The predicted molar refractivity (Wildman–Crippen MR) is 55.0 cm³/mol. The molecule has 0 saturated carbocycles. The van der Waals surface area contributed by atoms with E-state index < -0.39 is 5.97 Å². The summed E-state index contributed by atoms with van der Waals surface area (Å²) >= 11 is 5.66. The number of hydrogen-bond donors (Lipinski definition) is 2. The number of carbonyl (C=O) groups is 1. The van der Waals surface area contributed by atoms with Crippen molar-refractivity contribution >= 4 is 23.4 Å². The molecule has 1 heterocycles. The van der Waals surface area contributed by atoms with Gasteiger partial charge in [0.25, 0.3) is 0 Å². The summed E-state index contributed by atoms with van der Waals surface area (Å²) in [5, 5.41) is 12.0. The van der Waals surface area contributed by atoms with Crippen LogP contribution in [0.1, 0.15) is 24.2 Å². The first-order valence-electron chi connectivity index (χ1n) is 4.17. The number of aromatic carboxylic acids is 1. The fourth-order valence-corrected chi connectivity index (χ4v) is 1.14. The predicted octanol–water partition coefficient (Wildman–Crippen LogP) is 2.25. The van der Waals surface area contributed by atoms with Crippen molar-refractivity contribution in [2.45, 2.75) is 19.9 Å². The highest BCUT2D eigenvalue weighted by Gasteiger charge is 2.12. The molecule has 76 valence electrons. The summed E-state index contributed by atoms with van der Waals surface area (Å²) in [5.74, 6) is -0.711. The van der Waals surface area contributed by atoms with Gasteiger partial charge in [0.2, 0.25) is 0 Å². The summed E-state index contributed by atoms with van der Waals surface area (Å²) in [6.45, 7) is 3.79. The molecule has 0 saturated heterocycles. The number of carboxylic acid groups (broad SMARTS) is 1. The van der Waals surface area contributed by atoms with Crippen LogP contribution in [0.4, 0.5) is 5.82 Å². The van der Waals surface area contributed by atoms with E-state index in [1.807, 2.05) is 13.8 Å². The van der Waals surface area contributed by atoms with E-state index in [1.165, 1.54) is 12.1 Å². The quantitative estimate of drug-likeness (QED) is 0.758. The fourth-order valence-electron chi connectivity index (χ4n) is 0.991. The van der Waals surface area contributed by atoms with Gasteiger partial charge in [0.05, 0.1) is 0 Å². The molecule has 0 amide bonds. The van der Waals surface area contributed by atoms with Crippen LogP contribution in [-0.2, 0) is 0 Å². The van der Waals surface area contributed by atoms with Gasteiger partial charge in [-0.05, 0) is 26.0 Å². The monoisotopic (exact) mass is 214 g/mol. The first kappa shape index (κ1) is 10.8. The Morgan fingerprint density at radius 2 is 2.21 bits per heavy atom. The van der Waals surface area contributed by atoms with E-state index in [9.17, 15) is 4.79 Å². The molecule has 1 rings (SSSR count). The molecular weight excluding hydrogens is 204 g/mol. The second-order valence-corrected chi connectivity index (χ2v) is 3.52. The summed E-state index contributed by atoms with van der Waals surface area (Å²) in [6.07, 6.45) is 0. The number of aromatic nitrogens is 1. The molecule has 2 N–H and O–H groups in total. The molecule has 0 atom stereocenters. The fraction of sp³-hybridized carbons (Fsp3) is 0.333. The van der Waals surface area contributed by atoms with Crippen LogP contribution in [0.3, 0.4) is 0 Å². The van der Waals surface area contributed by atoms with Crippen molar-refractivity contribution in [1.82, 2.24) is 4.98 Å². The van der Waals surface area contributed by atoms with Crippen molar-refractivity contribution in [3.05, 3.63) is 22.8 Å². The number of carboxylic acids is 1. The van der Waals surface area contributed by atoms with Gasteiger partial charge >= 0.3 is 5.97 Å². The number of anilines is 1. The van der Waals surface area contributed by atoms with Crippen molar-refractivity contribution in [2.24, 2.45) is 0 Å². The molecule has 14 heavy (non-hydrogen) atoms. The maximum Gasteiger partial charge on any atom is 0.339 e. The molecule has 0 aliphatic rings. The Morgan fingerprint density at radius 3 is 2.71 bits per heavy atom. The third-order valence-corrected chi connectivity index (χ3v) is 1.73. The Hall–Kier alpha value is -1.29. The third-order valence-electron chi connectivity index (χ3n) is 1.52. The Balaban J connectivity index is 3.09. The third kappa shape index (κ3) is 2.60. The van der Waals surface area contributed by atoms with E-state index in [4.69, 9.17) is 16.7 Å². The lowest BCUT2D eigenvalue weighted by Crippen LogP contribution is -2.14. The van der Waals surface area contributed by atoms with Crippen LogP contribution in [0, 0.1) is 0 Å². The summed E-state index contributed by atoms with van der Waals surface area (Å²) in [4.78, 5) is 14.7. The number of nitrogens with zero attached hydrogens (tertiary/aromatic N) is 1. The van der Waals surface area contributed by atoms with E-state index in [0.29, 0.717) is 5.82 Å². The molecule has 0 aliphatic heterocycles. The van der Waals surface area contributed by atoms with Crippen LogP contribution in [0.25, 0.3) is 0 Å². The zero-order valence-corrected chi connectivity index (χ0v) is 8.67. The molecule has 0 unspecified atom stereocenters. The van der Waals surface area contributed by atoms with E-state index in [2.05, 4.69) is 10.3 Å². The molecular formula is C9H11ClN2O2. The van der Waals surface area contributed by atoms with Gasteiger partial charge in [0.1, 0.15) is 16.5 Å². The van der Waals surface area contributed by atoms with Gasteiger partial charge < -0.3 is 10.4 Å². The normalized spacial score (nSPS) is 10.3. The Labute approximate surface area is 86.9 Å². The number of halogens is 1. The molecule has 0 bridgehead atoms. The number of hydrogen-bond acceptors (Lipinski definition) is 3. The minimum absolute atomic E-state index is 0.110.